The average molecular weight is 361 g/mol. The summed E-state index contributed by atoms with van der Waals surface area (Å²) in [7, 11) is -3.81. The number of rotatable bonds is 4. The largest absolute Gasteiger partial charge is 0.352 e. The molecule has 0 saturated heterocycles. The van der Waals surface area contributed by atoms with Crippen LogP contribution in [-0.4, -0.2) is 20.9 Å². The molecule has 3 N–H and O–H groups in total. The van der Waals surface area contributed by atoms with Gasteiger partial charge in [-0.2, -0.15) is 0 Å². The standard InChI is InChI=1S/C13H17BrN2O3S/c14-12-6-5-10(20(15,18)19)7-11(12)13(17)16-8-9-3-1-2-4-9/h5-7,9H,1-4,8H2,(H,16,17)(H2,15,18,19). The molecule has 1 aliphatic rings. The van der Waals surface area contributed by atoms with Gasteiger partial charge in [0.1, 0.15) is 0 Å². The molecule has 1 fully saturated rings. The Morgan fingerprint density at radius 2 is 2.00 bits per heavy atom. The number of benzene rings is 1. The predicted molar refractivity (Wildman–Crippen MR) is 79.8 cm³/mol. The Balaban J connectivity index is 2.12. The summed E-state index contributed by atoms with van der Waals surface area (Å²) in [6, 6.07) is 4.18. The fourth-order valence-electron chi connectivity index (χ4n) is 2.40. The first-order valence-electron chi connectivity index (χ1n) is 6.48. The van der Waals surface area contributed by atoms with Crippen molar-refractivity contribution in [2.24, 2.45) is 11.1 Å². The Kier molecular flexibility index (Phi) is 4.82. The molecule has 0 aliphatic heterocycles. The summed E-state index contributed by atoms with van der Waals surface area (Å²) < 4.78 is 23.2. The van der Waals surface area contributed by atoms with Gasteiger partial charge in [-0.3, -0.25) is 4.79 Å². The molecule has 1 aromatic carbocycles. The van der Waals surface area contributed by atoms with E-state index in [1.807, 2.05) is 0 Å². The highest BCUT2D eigenvalue weighted by molar-refractivity contribution is 9.10. The van der Waals surface area contributed by atoms with Gasteiger partial charge in [0.2, 0.25) is 10.0 Å². The molecule has 1 aliphatic carbocycles. The van der Waals surface area contributed by atoms with Crippen LogP contribution in [0, 0.1) is 5.92 Å². The number of nitrogens with two attached hydrogens (primary N) is 1. The number of nitrogens with one attached hydrogen (secondary N) is 1. The lowest BCUT2D eigenvalue weighted by molar-refractivity contribution is 0.0946. The quantitative estimate of drug-likeness (QED) is 0.860. The van der Waals surface area contributed by atoms with Crippen LogP contribution in [0.5, 0.6) is 0 Å². The van der Waals surface area contributed by atoms with E-state index in [1.165, 1.54) is 31.0 Å². The summed E-state index contributed by atoms with van der Waals surface area (Å²) in [6.45, 7) is 0.630. The number of sulfonamides is 1. The van der Waals surface area contributed by atoms with Crippen LogP contribution in [0.2, 0.25) is 0 Å². The van der Waals surface area contributed by atoms with Gasteiger partial charge in [0.15, 0.2) is 0 Å². The first-order valence-corrected chi connectivity index (χ1v) is 8.82. The third-order valence-electron chi connectivity index (χ3n) is 3.54. The number of carbonyl (C=O) groups excluding carboxylic acids is 1. The predicted octanol–water partition coefficient (Wildman–Crippen LogP) is 2.02. The zero-order chi connectivity index (χ0) is 14.8. The highest BCUT2D eigenvalue weighted by atomic mass is 79.9. The van der Waals surface area contributed by atoms with E-state index in [4.69, 9.17) is 5.14 Å². The molecule has 20 heavy (non-hydrogen) atoms. The van der Waals surface area contributed by atoms with Crippen molar-refractivity contribution in [3.63, 3.8) is 0 Å². The van der Waals surface area contributed by atoms with Gasteiger partial charge in [-0.25, -0.2) is 13.6 Å². The summed E-state index contributed by atoms with van der Waals surface area (Å²) in [6.07, 6.45) is 4.70. The number of amides is 1. The molecule has 110 valence electrons. The van der Waals surface area contributed by atoms with E-state index in [1.54, 1.807) is 0 Å². The Labute approximate surface area is 127 Å². The molecule has 0 heterocycles. The molecule has 0 spiro atoms. The topological polar surface area (TPSA) is 89.3 Å². The van der Waals surface area contributed by atoms with E-state index in [-0.39, 0.29) is 16.4 Å². The molecule has 0 atom stereocenters. The molecule has 5 nitrogen and oxygen atoms in total. The van der Waals surface area contributed by atoms with Crippen LogP contribution in [0.1, 0.15) is 36.0 Å². The second-order valence-corrected chi connectivity index (χ2v) is 7.46. The molecule has 0 aromatic heterocycles. The van der Waals surface area contributed by atoms with Crippen LogP contribution in [0.3, 0.4) is 0 Å². The van der Waals surface area contributed by atoms with E-state index in [2.05, 4.69) is 21.2 Å². The SMILES string of the molecule is NS(=O)(=O)c1ccc(Br)c(C(=O)NCC2CCCC2)c1. The Morgan fingerprint density at radius 3 is 2.60 bits per heavy atom. The number of halogens is 1. The van der Waals surface area contributed by atoms with Crippen LogP contribution < -0.4 is 10.5 Å². The van der Waals surface area contributed by atoms with Gasteiger partial charge in [-0.1, -0.05) is 12.8 Å². The van der Waals surface area contributed by atoms with Gasteiger partial charge in [0.25, 0.3) is 5.91 Å². The van der Waals surface area contributed by atoms with E-state index >= 15 is 0 Å². The van der Waals surface area contributed by atoms with Crippen molar-refractivity contribution in [2.45, 2.75) is 30.6 Å². The van der Waals surface area contributed by atoms with Crippen molar-refractivity contribution in [2.75, 3.05) is 6.54 Å². The lowest BCUT2D eigenvalue weighted by Gasteiger charge is -2.12. The van der Waals surface area contributed by atoms with E-state index in [0.717, 1.165) is 12.8 Å². The van der Waals surface area contributed by atoms with E-state index in [9.17, 15) is 13.2 Å². The number of carbonyl (C=O) groups is 1. The minimum Gasteiger partial charge on any atom is -0.352 e. The maximum absolute atomic E-state index is 12.1. The molecule has 0 bridgehead atoms. The lowest BCUT2D eigenvalue weighted by Crippen LogP contribution is -2.29. The first-order chi connectivity index (χ1) is 9.38. The molecule has 1 aromatic rings. The minimum absolute atomic E-state index is 0.0632. The number of hydrogen-bond acceptors (Lipinski definition) is 3. The van der Waals surface area contributed by atoms with Crippen molar-refractivity contribution in [3.8, 4) is 0 Å². The molecule has 1 saturated carbocycles. The number of primary sulfonamides is 1. The Bertz CT molecular complexity index is 610. The third kappa shape index (κ3) is 3.80. The Hall–Kier alpha value is -0.920. The van der Waals surface area contributed by atoms with Crippen molar-refractivity contribution < 1.29 is 13.2 Å². The highest BCUT2D eigenvalue weighted by Crippen LogP contribution is 2.24. The molecule has 2 rings (SSSR count). The van der Waals surface area contributed by atoms with Crippen LogP contribution in [0.4, 0.5) is 0 Å². The summed E-state index contributed by atoms with van der Waals surface area (Å²) in [4.78, 5) is 12.1. The molecular formula is C13H17BrN2O3S. The zero-order valence-corrected chi connectivity index (χ0v) is 13.3. The Morgan fingerprint density at radius 1 is 1.35 bits per heavy atom. The average Bonchev–Trinajstić information content (AvgIpc) is 2.88. The van der Waals surface area contributed by atoms with Gasteiger partial charge in [0, 0.05) is 11.0 Å². The smallest absolute Gasteiger partial charge is 0.252 e. The molecule has 7 heteroatoms. The second kappa shape index (κ2) is 6.24. The van der Waals surface area contributed by atoms with Gasteiger partial charge in [-0.05, 0) is 52.9 Å². The number of hydrogen-bond donors (Lipinski definition) is 2. The molecule has 0 radical (unpaired) electrons. The van der Waals surface area contributed by atoms with Crippen molar-refractivity contribution >= 4 is 31.9 Å². The van der Waals surface area contributed by atoms with Gasteiger partial charge in [0.05, 0.1) is 10.5 Å². The molecule has 0 unspecified atom stereocenters. The summed E-state index contributed by atoms with van der Waals surface area (Å²) in [5.74, 6) is 0.244. The van der Waals surface area contributed by atoms with Gasteiger partial charge in [-0.15, -0.1) is 0 Å². The van der Waals surface area contributed by atoms with Crippen LogP contribution in [-0.2, 0) is 10.0 Å². The lowest BCUT2D eigenvalue weighted by atomic mass is 10.1. The van der Waals surface area contributed by atoms with Gasteiger partial charge < -0.3 is 5.32 Å². The summed E-state index contributed by atoms with van der Waals surface area (Å²) >= 11 is 3.25. The minimum atomic E-state index is -3.81. The van der Waals surface area contributed by atoms with Gasteiger partial charge >= 0.3 is 0 Å². The molecular weight excluding hydrogens is 344 g/mol. The maximum atomic E-state index is 12.1. The van der Waals surface area contributed by atoms with Crippen molar-refractivity contribution in [1.29, 1.82) is 0 Å². The third-order valence-corrected chi connectivity index (χ3v) is 5.14. The normalized spacial score (nSPS) is 16.3. The monoisotopic (exact) mass is 360 g/mol. The molecule has 1 amide bonds. The zero-order valence-electron chi connectivity index (χ0n) is 10.9. The fraction of sp³-hybridized carbons (Fsp3) is 0.462. The highest BCUT2D eigenvalue weighted by Gasteiger charge is 2.18. The second-order valence-electron chi connectivity index (χ2n) is 5.05. The van der Waals surface area contributed by atoms with Crippen molar-refractivity contribution in [1.82, 2.24) is 5.32 Å². The summed E-state index contributed by atoms with van der Waals surface area (Å²) in [5, 5.41) is 7.93. The maximum Gasteiger partial charge on any atom is 0.252 e. The van der Waals surface area contributed by atoms with Crippen molar-refractivity contribution in [3.05, 3.63) is 28.2 Å². The summed E-state index contributed by atoms with van der Waals surface area (Å²) in [5.41, 5.74) is 0.287. The van der Waals surface area contributed by atoms with Crippen LogP contribution in [0.15, 0.2) is 27.6 Å². The van der Waals surface area contributed by atoms with Crippen LogP contribution in [0.25, 0.3) is 0 Å². The fourth-order valence-corrected chi connectivity index (χ4v) is 3.37. The van der Waals surface area contributed by atoms with Crippen LogP contribution >= 0.6 is 15.9 Å². The van der Waals surface area contributed by atoms with E-state index in [0.29, 0.717) is 16.9 Å². The van der Waals surface area contributed by atoms with E-state index < -0.39 is 10.0 Å². The first kappa shape index (κ1) is 15.5.